The van der Waals surface area contributed by atoms with E-state index in [-0.39, 0.29) is 23.7 Å². The zero-order chi connectivity index (χ0) is 16.8. The molecule has 126 valence electrons. The van der Waals surface area contributed by atoms with Gasteiger partial charge in [-0.05, 0) is 43.9 Å². The number of methoxy groups -OCH3 is 1. The van der Waals surface area contributed by atoms with Gasteiger partial charge in [-0.1, -0.05) is 6.07 Å². The number of ether oxygens (including phenoxy) is 2. The molecule has 1 heterocycles. The number of hydrogen-bond acceptors (Lipinski definition) is 4. The highest BCUT2D eigenvalue weighted by Crippen LogP contribution is 2.22. The van der Waals surface area contributed by atoms with Crippen molar-refractivity contribution in [2.75, 3.05) is 7.11 Å². The van der Waals surface area contributed by atoms with Gasteiger partial charge in [-0.15, -0.1) is 0 Å². The lowest BCUT2D eigenvalue weighted by atomic mass is 10.1. The Morgan fingerprint density at radius 3 is 2.78 bits per heavy atom. The molecule has 1 aliphatic heterocycles. The van der Waals surface area contributed by atoms with E-state index in [1.54, 1.807) is 12.1 Å². The van der Waals surface area contributed by atoms with Crippen LogP contribution in [0.3, 0.4) is 0 Å². The fourth-order valence-corrected chi connectivity index (χ4v) is 2.71. The summed E-state index contributed by atoms with van der Waals surface area (Å²) in [5.41, 5.74) is 0.815. The predicted molar refractivity (Wildman–Crippen MR) is 84.6 cm³/mol. The summed E-state index contributed by atoms with van der Waals surface area (Å²) in [4.78, 5) is 23.1. The number of carbonyl (C=O) groups excluding carboxylic acids is 1. The molecule has 0 unspecified atom stereocenters. The lowest BCUT2D eigenvalue weighted by Crippen LogP contribution is -2.24. The van der Waals surface area contributed by atoms with Crippen LogP contribution in [0.15, 0.2) is 18.2 Å². The number of rotatable bonds is 7. The van der Waals surface area contributed by atoms with Crippen molar-refractivity contribution >= 4 is 11.9 Å². The predicted octanol–water partition coefficient (Wildman–Crippen LogP) is 2.36. The number of nitrogens with one attached hydrogen (secondary N) is 1. The van der Waals surface area contributed by atoms with Gasteiger partial charge in [0.2, 0.25) is 5.91 Å². The average molecular weight is 321 g/mol. The van der Waals surface area contributed by atoms with Crippen LogP contribution in [-0.4, -0.2) is 36.3 Å². The molecule has 6 heteroatoms. The fourth-order valence-electron chi connectivity index (χ4n) is 2.71. The van der Waals surface area contributed by atoms with Crippen molar-refractivity contribution in [1.29, 1.82) is 0 Å². The molecule has 1 fully saturated rings. The Kier molecular flexibility index (Phi) is 5.98. The van der Waals surface area contributed by atoms with Crippen molar-refractivity contribution in [3.63, 3.8) is 0 Å². The van der Waals surface area contributed by atoms with Crippen LogP contribution in [0.5, 0.6) is 5.75 Å². The summed E-state index contributed by atoms with van der Waals surface area (Å²) in [7, 11) is 1.43. The van der Waals surface area contributed by atoms with Crippen molar-refractivity contribution in [2.45, 2.75) is 51.4 Å². The first-order valence-electron chi connectivity index (χ1n) is 7.82. The Morgan fingerprint density at radius 2 is 2.17 bits per heavy atom. The number of carboxylic acids is 1. The first-order valence-corrected chi connectivity index (χ1v) is 7.82. The molecular weight excluding hydrogens is 298 g/mol. The van der Waals surface area contributed by atoms with Crippen LogP contribution in [0.25, 0.3) is 0 Å². The summed E-state index contributed by atoms with van der Waals surface area (Å²) in [6.45, 7) is 2.34. The molecule has 2 N–H and O–H groups in total. The number of amides is 1. The zero-order valence-electron chi connectivity index (χ0n) is 13.5. The van der Waals surface area contributed by atoms with Crippen LogP contribution >= 0.6 is 0 Å². The Hall–Kier alpha value is -2.08. The summed E-state index contributed by atoms with van der Waals surface area (Å²) in [5, 5.41) is 12.0. The van der Waals surface area contributed by atoms with Crippen LogP contribution in [0, 0.1) is 0 Å². The third-order valence-corrected chi connectivity index (χ3v) is 4.00. The quantitative estimate of drug-likeness (QED) is 0.805. The van der Waals surface area contributed by atoms with Crippen LogP contribution in [0.1, 0.15) is 48.5 Å². The number of carboxylic acid groups (broad SMARTS) is 1. The molecular formula is C17H23NO5. The molecule has 1 amide bonds. The molecule has 0 aliphatic carbocycles. The van der Waals surface area contributed by atoms with Crippen molar-refractivity contribution in [1.82, 2.24) is 5.32 Å². The maximum Gasteiger partial charge on any atom is 0.339 e. The standard InChI is InChI=1S/C17H23NO5/c1-11-3-5-13(23-11)6-8-16(19)18-10-12-4-7-15(22-2)14(9-12)17(20)21/h4,7,9,11,13H,3,5-6,8,10H2,1-2H3,(H,18,19)(H,20,21)/t11-,13-/m1/s1. The van der Waals surface area contributed by atoms with Gasteiger partial charge in [0, 0.05) is 13.0 Å². The van der Waals surface area contributed by atoms with Gasteiger partial charge >= 0.3 is 5.97 Å². The molecule has 23 heavy (non-hydrogen) atoms. The SMILES string of the molecule is COc1ccc(CNC(=O)CC[C@H]2CC[C@@H](C)O2)cc1C(=O)O. The van der Waals surface area contributed by atoms with Gasteiger partial charge in [0.1, 0.15) is 11.3 Å². The largest absolute Gasteiger partial charge is 0.496 e. The van der Waals surface area contributed by atoms with E-state index in [9.17, 15) is 9.59 Å². The lowest BCUT2D eigenvalue weighted by molar-refractivity contribution is -0.122. The van der Waals surface area contributed by atoms with Crippen LogP contribution in [0.2, 0.25) is 0 Å². The second-order valence-electron chi connectivity index (χ2n) is 5.80. The topological polar surface area (TPSA) is 84.9 Å². The van der Waals surface area contributed by atoms with Crippen molar-refractivity contribution in [2.24, 2.45) is 0 Å². The fraction of sp³-hybridized carbons (Fsp3) is 0.529. The Labute approximate surface area is 135 Å². The van der Waals surface area contributed by atoms with Crippen molar-refractivity contribution < 1.29 is 24.2 Å². The number of aromatic carboxylic acids is 1. The number of benzene rings is 1. The van der Waals surface area contributed by atoms with Crippen LogP contribution in [-0.2, 0) is 16.1 Å². The number of hydrogen-bond donors (Lipinski definition) is 2. The van der Waals surface area contributed by atoms with Crippen molar-refractivity contribution in [3.05, 3.63) is 29.3 Å². The molecule has 2 rings (SSSR count). The molecule has 0 saturated carbocycles. The van der Waals surface area contributed by atoms with Gasteiger partial charge in [0.05, 0.1) is 19.3 Å². The van der Waals surface area contributed by atoms with E-state index < -0.39 is 5.97 Å². The van der Waals surface area contributed by atoms with Gasteiger partial charge in [0.15, 0.2) is 0 Å². The van der Waals surface area contributed by atoms with Gasteiger partial charge in [-0.25, -0.2) is 4.79 Å². The number of carbonyl (C=O) groups is 2. The maximum absolute atomic E-state index is 11.9. The van der Waals surface area contributed by atoms with E-state index in [0.717, 1.165) is 24.8 Å². The zero-order valence-corrected chi connectivity index (χ0v) is 13.5. The Bertz CT molecular complexity index is 572. The highest BCUT2D eigenvalue weighted by atomic mass is 16.5. The van der Waals surface area contributed by atoms with Gasteiger partial charge in [-0.2, -0.15) is 0 Å². The molecule has 2 atom stereocenters. The van der Waals surface area contributed by atoms with Crippen molar-refractivity contribution in [3.8, 4) is 5.75 Å². The summed E-state index contributed by atoms with van der Waals surface area (Å²) >= 11 is 0. The minimum atomic E-state index is -1.05. The molecule has 1 aliphatic rings. The molecule has 1 aromatic carbocycles. The van der Waals surface area contributed by atoms with E-state index in [1.165, 1.54) is 13.2 Å². The minimum Gasteiger partial charge on any atom is -0.496 e. The summed E-state index contributed by atoms with van der Waals surface area (Å²) in [6.07, 6.45) is 3.66. The van der Waals surface area contributed by atoms with E-state index in [1.807, 2.05) is 6.92 Å². The molecule has 0 spiro atoms. The van der Waals surface area contributed by atoms with Crippen LogP contribution in [0.4, 0.5) is 0 Å². The lowest BCUT2D eigenvalue weighted by Gasteiger charge is -2.11. The van der Waals surface area contributed by atoms with E-state index in [2.05, 4.69) is 5.32 Å². The summed E-state index contributed by atoms with van der Waals surface area (Å²) in [6, 6.07) is 4.86. The highest BCUT2D eigenvalue weighted by molar-refractivity contribution is 5.91. The Balaban J connectivity index is 1.82. The molecule has 0 aromatic heterocycles. The third-order valence-electron chi connectivity index (χ3n) is 4.00. The first kappa shape index (κ1) is 17.3. The smallest absolute Gasteiger partial charge is 0.339 e. The van der Waals surface area contributed by atoms with E-state index >= 15 is 0 Å². The average Bonchev–Trinajstić information content (AvgIpc) is 2.96. The molecule has 1 aromatic rings. The Morgan fingerprint density at radius 1 is 1.39 bits per heavy atom. The molecule has 1 saturated heterocycles. The molecule has 6 nitrogen and oxygen atoms in total. The van der Waals surface area contributed by atoms with E-state index in [0.29, 0.717) is 18.7 Å². The van der Waals surface area contributed by atoms with Gasteiger partial charge in [0.25, 0.3) is 0 Å². The minimum absolute atomic E-state index is 0.0548. The van der Waals surface area contributed by atoms with Gasteiger partial charge in [-0.3, -0.25) is 4.79 Å². The second kappa shape index (κ2) is 7.97. The summed E-state index contributed by atoms with van der Waals surface area (Å²) in [5.74, 6) is -0.802. The molecule has 0 bridgehead atoms. The molecule has 0 radical (unpaired) electrons. The van der Waals surface area contributed by atoms with E-state index in [4.69, 9.17) is 14.6 Å². The second-order valence-corrected chi connectivity index (χ2v) is 5.80. The first-order chi connectivity index (χ1) is 11.0. The van der Waals surface area contributed by atoms with Gasteiger partial charge < -0.3 is 19.9 Å². The maximum atomic E-state index is 11.9. The normalized spacial score (nSPS) is 20.3. The monoisotopic (exact) mass is 321 g/mol. The third kappa shape index (κ3) is 4.96. The highest BCUT2D eigenvalue weighted by Gasteiger charge is 2.22. The van der Waals surface area contributed by atoms with Crippen LogP contribution < -0.4 is 10.1 Å². The summed E-state index contributed by atoms with van der Waals surface area (Å²) < 4.78 is 10.7.